The van der Waals surface area contributed by atoms with Gasteiger partial charge in [-0.25, -0.2) is 0 Å². The van der Waals surface area contributed by atoms with Gasteiger partial charge in [0.05, 0.1) is 0 Å². The summed E-state index contributed by atoms with van der Waals surface area (Å²) < 4.78 is 0. The molecule has 1 aromatic heterocycles. The number of rotatable bonds is 3. The minimum absolute atomic E-state index is 0.00405. The largest absolute Gasteiger partial charge is 0.348 e. The smallest absolute Gasteiger partial charge is 0.252 e. The Balaban J connectivity index is 2.09. The van der Waals surface area contributed by atoms with E-state index in [2.05, 4.69) is 38.2 Å². The molecule has 0 bridgehead atoms. The van der Waals surface area contributed by atoms with Crippen molar-refractivity contribution < 1.29 is 4.79 Å². The summed E-state index contributed by atoms with van der Waals surface area (Å²) in [5.74, 6) is -0.00405. The van der Waals surface area contributed by atoms with Crippen LogP contribution in [0.2, 0.25) is 0 Å². The summed E-state index contributed by atoms with van der Waals surface area (Å²) in [7, 11) is 0. The number of nitrogens with one attached hydrogen (secondary N) is 1. The van der Waals surface area contributed by atoms with Crippen LogP contribution in [0, 0.1) is 20.8 Å². The summed E-state index contributed by atoms with van der Waals surface area (Å²) in [4.78, 5) is 11.9. The predicted octanol–water partition coefficient (Wildman–Crippen LogP) is 3.60. The van der Waals surface area contributed by atoms with Crippen molar-refractivity contribution in [1.29, 1.82) is 0 Å². The fourth-order valence-electron chi connectivity index (χ4n) is 2.15. The molecular formula is C15H17NOS. The molecular weight excluding hydrogens is 242 g/mol. The summed E-state index contributed by atoms with van der Waals surface area (Å²) in [5.41, 5.74) is 5.68. The third kappa shape index (κ3) is 2.79. The molecule has 1 aromatic carbocycles. The van der Waals surface area contributed by atoms with Crippen LogP contribution < -0.4 is 5.32 Å². The number of thiophene rings is 1. The first kappa shape index (κ1) is 12.8. The van der Waals surface area contributed by atoms with E-state index in [1.807, 2.05) is 16.8 Å². The van der Waals surface area contributed by atoms with Gasteiger partial charge in [0.25, 0.3) is 5.91 Å². The van der Waals surface area contributed by atoms with E-state index in [1.54, 1.807) is 0 Å². The Bertz CT molecular complexity index is 535. The number of hydrogen-bond donors (Lipinski definition) is 1. The quantitative estimate of drug-likeness (QED) is 0.896. The highest BCUT2D eigenvalue weighted by atomic mass is 32.1. The molecule has 94 valence electrons. The Morgan fingerprint density at radius 1 is 1.22 bits per heavy atom. The molecule has 0 fully saturated rings. The van der Waals surface area contributed by atoms with E-state index < -0.39 is 0 Å². The fraction of sp³-hybridized carbons (Fsp3) is 0.267. The fourth-order valence-corrected chi connectivity index (χ4v) is 2.79. The molecule has 0 aliphatic carbocycles. The third-order valence-electron chi connectivity index (χ3n) is 3.05. The Kier molecular flexibility index (Phi) is 3.82. The average Bonchev–Trinajstić information content (AvgIpc) is 2.80. The molecule has 0 saturated carbocycles. The molecule has 0 radical (unpaired) electrons. The number of benzene rings is 1. The topological polar surface area (TPSA) is 29.1 Å². The van der Waals surface area contributed by atoms with E-state index >= 15 is 0 Å². The summed E-state index contributed by atoms with van der Waals surface area (Å²) >= 11 is 1.54. The summed E-state index contributed by atoms with van der Waals surface area (Å²) in [6, 6.07) is 6.15. The lowest BCUT2D eigenvalue weighted by Crippen LogP contribution is -2.23. The average molecular weight is 259 g/mol. The number of hydrogen-bond acceptors (Lipinski definition) is 2. The van der Waals surface area contributed by atoms with Crippen LogP contribution in [0.15, 0.2) is 29.0 Å². The van der Waals surface area contributed by atoms with E-state index in [9.17, 15) is 4.79 Å². The van der Waals surface area contributed by atoms with Crippen molar-refractivity contribution in [3.05, 3.63) is 56.8 Å². The Morgan fingerprint density at radius 2 is 1.89 bits per heavy atom. The maximum atomic E-state index is 11.9. The lowest BCUT2D eigenvalue weighted by Gasteiger charge is -2.12. The molecule has 2 aromatic rings. The van der Waals surface area contributed by atoms with Gasteiger partial charge in [-0.3, -0.25) is 4.79 Å². The van der Waals surface area contributed by atoms with E-state index in [0.29, 0.717) is 6.54 Å². The second-order valence-corrected chi connectivity index (χ2v) is 5.35. The van der Waals surface area contributed by atoms with Gasteiger partial charge >= 0.3 is 0 Å². The molecule has 0 aliphatic heterocycles. The zero-order valence-corrected chi connectivity index (χ0v) is 11.7. The van der Waals surface area contributed by atoms with Gasteiger partial charge in [0.15, 0.2) is 0 Å². The molecule has 1 N–H and O–H groups in total. The van der Waals surface area contributed by atoms with Crippen LogP contribution >= 0.6 is 11.3 Å². The van der Waals surface area contributed by atoms with E-state index in [-0.39, 0.29) is 5.91 Å². The predicted molar refractivity (Wildman–Crippen MR) is 76.1 cm³/mol. The van der Waals surface area contributed by atoms with E-state index in [4.69, 9.17) is 0 Å². The first-order valence-electron chi connectivity index (χ1n) is 5.95. The molecule has 3 heteroatoms. The molecule has 2 rings (SSSR count). The molecule has 1 heterocycles. The van der Waals surface area contributed by atoms with Gasteiger partial charge in [0, 0.05) is 17.5 Å². The zero-order valence-electron chi connectivity index (χ0n) is 10.9. The minimum Gasteiger partial charge on any atom is -0.348 e. The highest BCUT2D eigenvalue weighted by Crippen LogP contribution is 2.16. The highest BCUT2D eigenvalue weighted by Gasteiger charge is 2.08. The van der Waals surface area contributed by atoms with Crippen molar-refractivity contribution in [2.45, 2.75) is 27.3 Å². The van der Waals surface area contributed by atoms with Gasteiger partial charge in [0.2, 0.25) is 0 Å². The second kappa shape index (κ2) is 5.36. The van der Waals surface area contributed by atoms with Gasteiger partial charge in [0.1, 0.15) is 0 Å². The van der Waals surface area contributed by atoms with Crippen molar-refractivity contribution in [2.75, 3.05) is 0 Å². The van der Waals surface area contributed by atoms with E-state index in [1.165, 1.54) is 33.6 Å². The first-order valence-corrected chi connectivity index (χ1v) is 6.89. The Hall–Kier alpha value is -1.61. The summed E-state index contributed by atoms with van der Waals surface area (Å²) in [6.45, 7) is 6.86. The van der Waals surface area contributed by atoms with Gasteiger partial charge in [-0.15, -0.1) is 0 Å². The first-order chi connectivity index (χ1) is 8.58. The van der Waals surface area contributed by atoms with Crippen LogP contribution in [-0.4, -0.2) is 5.91 Å². The molecule has 2 nitrogen and oxygen atoms in total. The SMILES string of the molecule is Cc1cc(C)c(CNC(=O)c2ccsc2)c(C)c1. The molecule has 0 aliphatic rings. The van der Waals surface area contributed by atoms with Crippen LogP contribution in [-0.2, 0) is 6.54 Å². The minimum atomic E-state index is -0.00405. The van der Waals surface area contributed by atoms with E-state index in [0.717, 1.165) is 5.56 Å². The van der Waals surface area contributed by atoms with Gasteiger partial charge in [-0.1, -0.05) is 17.7 Å². The van der Waals surface area contributed by atoms with Gasteiger partial charge in [-0.2, -0.15) is 11.3 Å². The zero-order chi connectivity index (χ0) is 13.1. The number of amides is 1. The standard InChI is InChI=1S/C15H17NOS/c1-10-6-11(2)14(12(3)7-10)8-16-15(17)13-4-5-18-9-13/h4-7,9H,8H2,1-3H3,(H,16,17). The second-order valence-electron chi connectivity index (χ2n) is 4.57. The van der Waals surface area contributed by atoms with Crippen LogP contribution in [0.3, 0.4) is 0 Å². The maximum absolute atomic E-state index is 11.9. The van der Waals surface area contributed by atoms with Gasteiger partial charge < -0.3 is 5.32 Å². The van der Waals surface area contributed by atoms with Crippen molar-refractivity contribution >= 4 is 17.2 Å². The molecule has 0 atom stereocenters. The number of carbonyl (C=O) groups is 1. The molecule has 0 spiro atoms. The lowest BCUT2D eigenvalue weighted by molar-refractivity contribution is 0.0951. The Labute approximate surface area is 112 Å². The maximum Gasteiger partial charge on any atom is 0.252 e. The van der Waals surface area contributed by atoms with Crippen molar-refractivity contribution in [1.82, 2.24) is 5.32 Å². The monoisotopic (exact) mass is 259 g/mol. The van der Waals surface area contributed by atoms with Crippen LogP contribution in [0.5, 0.6) is 0 Å². The van der Waals surface area contributed by atoms with Crippen LogP contribution in [0.4, 0.5) is 0 Å². The molecule has 0 saturated heterocycles. The van der Waals surface area contributed by atoms with Crippen molar-refractivity contribution in [2.24, 2.45) is 0 Å². The normalized spacial score (nSPS) is 10.4. The molecule has 18 heavy (non-hydrogen) atoms. The Morgan fingerprint density at radius 3 is 2.44 bits per heavy atom. The lowest BCUT2D eigenvalue weighted by atomic mass is 10.00. The highest BCUT2D eigenvalue weighted by molar-refractivity contribution is 7.08. The van der Waals surface area contributed by atoms with Crippen LogP contribution in [0.1, 0.15) is 32.6 Å². The number of aryl methyl sites for hydroxylation is 3. The molecule has 1 amide bonds. The third-order valence-corrected chi connectivity index (χ3v) is 3.73. The van der Waals surface area contributed by atoms with Crippen molar-refractivity contribution in [3.8, 4) is 0 Å². The molecule has 0 unspecified atom stereocenters. The van der Waals surface area contributed by atoms with Gasteiger partial charge in [-0.05, 0) is 48.9 Å². The summed E-state index contributed by atoms with van der Waals surface area (Å²) in [5, 5.41) is 6.75. The summed E-state index contributed by atoms with van der Waals surface area (Å²) in [6.07, 6.45) is 0. The van der Waals surface area contributed by atoms with Crippen molar-refractivity contribution in [3.63, 3.8) is 0 Å². The number of carbonyl (C=O) groups excluding carboxylic acids is 1. The van der Waals surface area contributed by atoms with Crippen LogP contribution in [0.25, 0.3) is 0 Å².